The van der Waals surface area contributed by atoms with Crippen LogP contribution >= 0.6 is 0 Å². The van der Waals surface area contributed by atoms with Crippen LogP contribution in [0, 0.1) is 0 Å². The summed E-state index contributed by atoms with van der Waals surface area (Å²) in [6.45, 7) is 0. The molecule has 1 unspecified atom stereocenters. The maximum atomic E-state index is 12.7. The van der Waals surface area contributed by atoms with Gasteiger partial charge in [-0.15, -0.1) is 0 Å². The predicted octanol–water partition coefficient (Wildman–Crippen LogP) is 2.25. The van der Waals surface area contributed by atoms with Gasteiger partial charge in [-0.05, 0) is 37.3 Å². The van der Waals surface area contributed by atoms with E-state index >= 15 is 0 Å². The predicted molar refractivity (Wildman–Crippen MR) is 88.2 cm³/mol. The fourth-order valence-electron chi connectivity index (χ4n) is 3.83. The normalized spacial score (nSPS) is 22.0. The Morgan fingerprint density at radius 1 is 1.30 bits per heavy atom. The first-order chi connectivity index (χ1) is 11.2. The van der Waals surface area contributed by atoms with Crippen molar-refractivity contribution >= 4 is 5.91 Å². The van der Waals surface area contributed by atoms with Gasteiger partial charge in [-0.2, -0.15) is 0 Å². The van der Waals surface area contributed by atoms with Gasteiger partial charge in [0, 0.05) is 18.1 Å². The summed E-state index contributed by atoms with van der Waals surface area (Å²) in [7, 11) is 0. The zero-order chi connectivity index (χ0) is 15.9. The topological polar surface area (TPSA) is 72.9 Å². The first-order valence-corrected chi connectivity index (χ1v) is 8.39. The number of nitrogens with one attached hydrogen (secondary N) is 1. The zero-order valence-corrected chi connectivity index (χ0v) is 13.2. The number of benzene rings is 1. The molecule has 0 saturated heterocycles. The second-order valence-electron chi connectivity index (χ2n) is 6.71. The van der Waals surface area contributed by atoms with Crippen molar-refractivity contribution in [1.29, 1.82) is 0 Å². The molecule has 5 heteroatoms. The first kappa shape index (κ1) is 14.5. The highest BCUT2D eigenvalue weighted by Gasteiger charge is 2.38. The summed E-state index contributed by atoms with van der Waals surface area (Å²) in [5, 5.41) is 3.17. The van der Waals surface area contributed by atoms with Crippen LogP contribution in [0.25, 0.3) is 5.69 Å². The second-order valence-corrected chi connectivity index (χ2v) is 6.71. The average molecular weight is 310 g/mol. The Labute approximate surface area is 135 Å². The Bertz CT molecular complexity index is 730. The number of aryl methyl sites for hydroxylation is 1. The van der Waals surface area contributed by atoms with Crippen LogP contribution < -0.4 is 11.1 Å². The van der Waals surface area contributed by atoms with E-state index in [0.29, 0.717) is 0 Å². The Morgan fingerprint density at radius 2 is 2.09 bits per heavy atom. The lowest BCUT2D eigenvalue weighted by molar-refractivity contribution is -0.127. The van der Waals surface area contributed by atoms with Crippen LogP contribution in [-0.4, -0.2) is 21.0 Å². The van der Waals surface area contributed by atoms with Gasteiger partial charge < -0.3 is 15.6 Å². The van der Waals surface area contributed by atoms with Gasteiger partial charge in [0.1, 0.15) is 5.82 Å². The fraction of sp³-hybridized carbons (Fsp3) is 0.444. The molecular weight excluding hydrogens is 288 g/mol. The molecular formula is C18H22N4O. The Kier molecular flexibility index (Phi) is 3.45. The summed E-state index contributed by atoms with van der Waals surface area (Å²) in [6.07, 6.45) is 9.15. The molecule has 3 N–H and O–H groups in total. The van der Waals surface area contributed by atoms with Gasteiger partial charge in [-0.25, -0.2) is 4.98 Å². The monoisotopic (exact) mass is 310 g/mol. The minimum absolute atomic E-state index is 0.0273. The largest absolute Gasteiger partial charge is 0.345 e. The third-order valence-electron chi connectivity index (χ3n) is 5.19. The molecule has 1 aliphatic heterocycles. The molecule has 1 saturated carbocycles. The van der Waals surface area contributed by atoms with Gasteiger partial charge in [0.25, 0.3) is 0 Å². The van der Waals surface area contributed by atoms with Crippen LogP contribution in [0.1, 0.15) is 49.5 Å². The molecule has 120 valence electrons. The summed E-state index contributed by atoms with van der Waals surface area (Å²) in [5.41, 5.74) is 8.04. The number of carbonyl (C=O) groups is 1. The summed E-state index contributed by atoms with van der Waals surface area (Å²) >= 11 is 0. The number of carbonyl (C=O) groups excluding carboxylic acids is 1. The minimum atomic E-state index is -0.698. The quantitative estimate of drug-likeness (QED) is 0.893. The van der Waals surface area contributed by atoms with Crippen LogP contribution in [0.4, 0.5) is 0 Å². The molecule has 2 aromatic rings. The number of rotatable bonds is 2. The Morgan fingerprint density at radius 3 is 2.91 bits per heavy atom. The molecule has 23 heavy (non-hydrogen) atoms. The third kappa shape index (κ3) is 2.45. The van der Waals surface area contributed by atoms with E-state index in [1.165, 1.54) is 5.56 Å². The summed E-state index contributed by atoms with van der Waals surface area (Å²) in [4.78, 5) is 17.2. The van der Waals surface area contributed by atoms with E-state index in [0.717, 1.165) is 50.0 Å². The molecule has 1 fully saturated rings. The third-order valence-corrected chi connectivity index (χ3v) is 5.19. The van der Waals surface area contributed by atoms with E-state index in [1.54, 1.807) is 6.20 Å². The highest BCUT2D eigenvalue weighted by atomic mass is 16.2. The summed E-state index contributed by atoms with van der Waals surface area (Å²) < 4.78 is 2.09. The Balaban J connectivity index is 1.63. The Hall–Kier alpha value is -2.14. The van der Waals surface area contributed by atoms with Crippen LogP contribution in [0.5, 0.6) is 0 Å². The molecule has 0 spiro atoms. The van der Waals surface area contributed by atoms with Crippen LogP contribution in [0.3, 0.4) is 0 Å². The van der Waals surface area contributed by atoms with Crippen LogP contribution in [0.15, 0.2) is 36.7 Å². The molecule has 1 aromatic heterocycles. The molecule has 0 bridgehead atoms. The van der Waals surface area contributed by atoms with Gasteiger partial charge in [0.15, 0.2) is 0 Å². The zero-order valence-electron chi connectivity index (χ0n) is 13.2. The molecule has 1 aromatic carbocycles. The standard InChI is InChI=1S/C18H22N4O/c19-18(9-3-4-10-18)17(23)21-14-8-7-13-5-1-2-6-15(13)22-12-11-20-16(14)22/h1-2,5-6,11-12,14H,3-4,7-10,19H2,(H,21,23). The SMILES string of the molecule is NC1(C(=O)NC2CCc3ccccc3-n3ccnc32)CCCC1. The molecule has 4 rings (SSSR count). The molecule has 2 heterocycles. The maximum absolute atomic E-state index is 12.7. The molecule has 1 atom stereocenters. The maximum Gasteiger partial charge on any atom is 0.240 e. The van der Waals surface area contributed by atoms with Crippen molar-refractivity contribution < 1.29 is 4.79 Å². The number of hydrogen-bond donors (Lipinski definition) is 2. The van der Waals surface area contributed by atoms with Crippen LogP contribution in [-0.2, 0) is 11.2 Å². The number of fused-ring (bicyclic) bond motifs is 3. The molecule has 1 aliphatic carbocycles. The van der Waals surface area contributed by atoms with Gasteiger partial charge in [0.05, 0.1) is 11.6 Å². The summed E-state index contributed by atoms with van der Waals surface area (Å²) in [6, 6.07) is 8.25. The fourth-order valence-corrected chi connectivity index (χ4v) is 3.83. The van der Waals surface area contributed by atoms with E-state index in [-0.39, 0.29) is 11.9 Å². The van der Waals surface area contributed by atoms with Crippen molar-refractivity contribution in [2.24, 2.45) is 5.73 Å². The van der Waals surface area contributed by atoms with Gasteiger partial charge in [0.2, 0.25) is 5.91 Å². The molecule has 1 amide bonds. The lowest BCUT2D eigenvalue weighted by Crippen LogP contribution is -2.52. The highest BCUT2D eigenvalue weighted by Crippen LogP contribution is 2.31. The smallest absolute Gasteiger partial charge is 0.240 e. The van der Waals surface area contributed by atoms with Crippen molar-refractivity contribution in [3.05, 3.63) is 48.0 Å². The first-order valence-electron chi connectivity index (χ1n) is 8.39. The van der Waals surface area contributed by atoms with E-state index in [2.05, 4.69) is 33.1 Å². The summed E-state index contributed by atoms with van der Waals surface area (Å²) in [5.74, 6) is 0.866. The minimum Gasteiger partial charge on any atom is -0.345 e. The van der Waals surface area contributed by atoms with Crippen molar-refractivity contribution in [3.63, 3.8) is 0 Å². The lowest BCUT2D eigenvalue weighted by Gasteiger charge is -2.26. The van der Waals surface area contributed by atoms with Gasteiger partial charge in [-0.3, -0.25) is 4.79 Å². The van der Waals surface area contributed by atoms with Crippen molar-refractivity contribution in [3.8, 4) is 5.69 Å². The number of aromatic nitrogens is 2. The molecule has 0 radical (unpaired) electrons. The van der Waals surface area contributed by atoms with Crippen molar-refractivity contribution in [1.82, 2.24) is 14.9 Å². The average Bonchev–Trinajstić information content (AvgIpc) is 3.19. The lowest BCUT2D eigenvalue weighted by atomic mass is 9.97. The van der Waals surface area contributed by atoms with Gasteiger partial charge in [-0.1, -0.05) is 31.0 Å². The second kappa shape index (κ2) is 5.49. The van der Waals surface area contributed by atoms with E-state index in [4.69, 9.17) is 5.73 Å². The van der Waals surface area contributed by atoms with Crippen molar-refractivity contribution in [2.75, 3.05) is 0 Å². The number of hydrogen-bond acceptors (Lipinski definition) is 3. The number of para-hydroxylation sites is 1. The highest BCUT2D eigenvalue weighted by molar-refractivity contribution is 5.86. The van der Waals surface area contributed by atoms with Crippen LogP contribution in [0.2, 0.25) is 0 Å². The van der Waals surface area contributed by atoms with E-state index in [9.17, 15) is 4.79 Å². The number of imidazole rings is 1. The number of nitrogens with zero attached hydrogens (tertiary/aromatic N) is 2. The van der Waals surface area contributed by atoms with E-state index in [1.807, 2.05) is 12.3 Å². The van der Waals surface area contributed by atoms with Crippen molar-refractivity contribution in [2.45, 2.75) is 50.1 Å². The van der Waals surface area contributed by atoms with E-state index < -0.39 is 5.54 Å². The molecule has 5 nitrogen and oxygen atoms in total. The molecule has 2 aliphatic rings. The number of amides is 1. The number of nitrogens with two attached hydrogens (primary N) is 1. The van der Waals surface area contributed by atoms with Gasteiger partial charge >= 0.3 is 0 Å².